The van der Waals surface area contributed by atoms with Crippen LogP contribution in [0.3, 0.4) is 0 Å². The van der Waals surface area contributed by atoms with Crippen LogP contribution in [0.1, 0.15) is 56.9 Å². The van der Waals surface area contributed by atoms with E-state index >= 15 is 0 Å². The second-order valence-electron chi connectivity index (χ2n) is 7.83. The zero-order valence-corrected chi connectivity index (χ0v) is 17.7. The second-order valence-corrected chi connectivity index (χ2v) is 9.21. The maximum absolute atomic E-state index is 10.4. The van der Waals surface area contributed by atoms with E-state index < -0.39 is 10.1 Å². The fourth-order valence-corrected chi connectivity index (χ4v) is 2.93. The van der Waals surface area contributed by atoms with Crippen molar-refractivity contribution in [3.05, 3.63) is 29.8 Å². The summed E-state index contributed by atoms with van der Waals surface area (Å²) in [7, 11) is 2.51. The summed E-state index contributed by atoms with van der Waals surface area (Å²) in [5.41, 5.74) is 0.928. The molecular formula is C20H37NO4S. The first-order chi connectivity index (χ1) is 12.1. The minimum Gasteiger partial charge on any atom is -0.744 e. The molecule has 1 aromatic rings. The highest BCUT2D eigenvalue weighted by Crippen LogP contribution is 2.09. The first-order valence-electron chi connectivity index (χ1n) is 9.50. The van der Waals surface area contributed by atoms with Crippen molar-refractivity contribution >= 4 is 10.1 Å². The van der Waals surface area contributed by atoms with Gasteiger partial charge < -0.3 is 14.1 Å². The summed E-state index contributed by atoms with van der Waals surface area (Å²) in [6, 6.07) is 5.78. The van der Waals surface area contributed by atoms with Crippen LogP contribution in [0.2, 0.25) is 0 Å². The molecule has 0 amide bonds. The van der Waals surface area contributed by atoms with Gasteiger partial charge in [-0.15, -0.1) is 0 Å². The topological polar surface area (TPSA) is 77.4 Å². The lowest BCUT2D eigenvalue weighted by atomic mass is 10.1. The SMILES string of the molecule is C[N+](C)(C)CCCCCCCCCCO.Cc1ccc(S(=O)(=O)[O-])cc1. The van der Waals surface area contributed by atoms with Crippen molar-refractivity contribution in [2.24, 2.45) is 0 Å². The summed E-state index contributed by atoms with van der Waals surface area (Å²) in [6.45, 7) is 3.48. The standard InChI is InChI=1S/C13H30NO.C7H8O3S/c1-14(2,3)12-10-8-6-4-5-7-9-11-13-15;1-6-2-4-7(5-3-6)11(8,9)10/h15H,4-13H2,1-3H3;2-5H,1H3,(H,8,9,10)/q+1;/p-1. The Bertz CT molecular complexity index is 562. The summed E-state index contributed by atoms with van der Waals surface area (Å²) in [5, 5.41) is 8.61. The van der Waals surface area contributed by atoms with Crippen molar-refractivity contribution in [1.29, 1.82) is 0 Å². The number of nitrogens with zero attached hydrogens (tertiary/aromatic N) is 1. The van der Waals surface area contributed by atoms with Crippen LogP contribution in [0, 0.1) is 6.92 Å². The summed E-state index contributed by atoms with van der Waals surface area (Å²) in [4.78, 5) is -0.178. The molecular weight excluding hydrogens is 350 g/mol. The smallest absolute Gasteiger partial charge is 0.124 e. The molecule has 0 aromatic heterocycles. The minimum atomic E-state index is -4.27. The normalized spacial score (nSPS) is 11.8. The van der Waals surface area contributed by atoms with Gasteiger partial charge in [0.2, 0.25) is 0 Å². The van der Waals surface area contributed by atoms with Crippen molar-refractivity contribution in [2.45, 2.75) is 63.2 Å². The molecule has 5 nitrogen and oxygen atoms in total. The van der Waals surface area contributed by atoms with Gasteiger partial charge in [0.1, 0.15) is 10.1 Å². The predicted molar refractivity (Wildman–Crippen MR) is 106 cm³/mol. The largest absolute Gasteiger partial charge is 0.744 e. The summed E-state index contributed by atoms with van der Waals surface area (Å²) < 4.78 is 32.3. The number of benzene rings is 1. The number of hydrogen-bond donors (Lipinski definition) is 1. The minimum absolute atomic E-state index is 0.178. The number of unbranched alkanes of at least 4 members (excludes halogenated alkanes) is 7. The van der Waals surface area contributed by atoms with Gasteiger partial charge in [-0.05, 0) is 38.3 Å². The second kappa shape index (κ2) is 13.3. The Morgan fingerprint density at radius 3 is 1.65 bits per heavy atom. The first-order valence-corrected chi connectivity index (χ1v) is 10.9. The lowest BCUT2D eigenvalue weighted by molar-refractivity contribution is -0.870. The summed E-state index contributed by atoms with van der Waals surface area (Å²) >= 11 is 0. The zero-order chi connectivity index (χ0) is 20.1. The van der Waals surface area contributed by atoms with Gasteiger partial charge >= 0.3 is 0 Å². The molecule has 0 aliphatic carbocycles. The van der Waals surface area contributed by atoms with E-state index in [-0.39, 0.29) is 4.90 Å². The number of quaternary nitrogens is 1. The zero-order valence-electron chi connectivity index (χ0n) is 16.9. The van der Waals surface area contributed by atoms with E-state index in [0.29, 0.717) is 6.61 Å². The molecule has 0 aliphatic heterocycles. The molecule has 0 unspecified atom stereocenters. The third kappa shape index (κ3) is 15.3. The van der Waals surface area contributed by atoms with Gasteiger partial charge in [0.25, 0.3) is 0 Å². The van der Waals surface area contributed by atoms with Gasteiger partial charge in [0.05, 0.1) is 32.6 Å². The molecule has 0 spiro atoms. The number of aliphatic hydroxyl groups excluding tert-OH is 1. The first kappa shape index (κ1) is 25.1. The number of aryl methyl sites for hydroxylation is 1. The Hall–Kier alpha value is -0.950. The number of hydrogen-bond acceptors (Lipinski definition) is 4. The molecule has 26 heavy (non-hydrogen) atoms. The van der Waals surface area contributed by atoms with Crippen molar-refractivity contribution in [3.63, 3.8) is 0 Å². The van der Waals surface area contributed by atoms with E-state index in [1.165, 1.54) is 63.6 Å². The molecule has 6 heteroatoms. The van der Waals surface area contributed by atoms with Crippen LogP contribution in [-0.4, -0.2) is 56.9 Å². The molecule has 152 valence electrons. The van der Waals surface area contributed by atoms with Gasteiger partial charge in [-0.1, -0.05) is 49.8 Å². The van der Waals surface area contributed by atoms with Crippen LogP contribution in [0.4, 0.5) is 0 Å². The molecule has 0 saturated heterocycles. The van der Waals surface area contributed by atoms with Crippen LogP contribution in [0.25, 0.3) is 0 Å². The van der Waals surface area contributed by atoms with Gasteiger partial charge in [-0.25, -0.2) is 8.42 Å². The van der Waals surface area contributed by atoms with E-state index in [9.17, 15) is 13.0 Å². The van der Waals surface area contributed by atoms with E-state index in [1.807, 2.05) is 6.92 Å². The van der Waals surface area contributed by atoms with Gasteiger partial charge in [0.15, 0.2) is 0 Å². The Balaban J connectivity index is 0.000000502. The van der Waals surface area contributed by atoms with Crippen LogP contribution >= 0.6 is 0 Å². The molecule has 0 fully saturated rings. The Labute approximate surface area is 160 Å². The van der Waals surface area contributed by atoms with E-state index in [1.54, 1.807) is 12.1 Å². The third-order valence-electron chi connectivity index (χ3n) is 4.05. The molecule has 1 N–H and O–H groups in total. The lowest BCUT2D eigenvalue weighted by Gasteiger charge is -2.23. The summed E-state index contributed by atoms with van der Waals surface area (Å²) in [6.07, 6.45) is 10.4. The van der Waals surface area contributed by atoms with Crippen molar-refractivity contribution < 1.29 is 22.6 Å². The quantitative estimate of drug-likeness (QED) is 0.357. The monoisotopic (exact) mass is 387 g/mol. The molecule has 1 aromatic carbocycles. The fourth-order valence-electron chi connectivity index (χ4n) is 2.46. The number of aliphatic hydroxyl groups is 1. The van der Waals surface area contributed by atoms with Gasteiger partial charge in [0, 0.05) is 6.61 Å². The molecule has 0 heterocycles. The van der Waals surface area contributed by atoms with Gasteiger partial charge in [-0.3, -0.25) is 0 Å². The van der Waals surface area contributed by atoms with Gasteiger partial charge in [-0.2, -0.15) is 0 Å². The molecule has 0 aliphatic rings. The molecule has 0 saturated carbocycles. The van der Waals surface area contributed by atoms with Crippen LogP contribution in [-0.2, 0) is 10.1 Å². The van der Waals surface area contributed by atoms with Crippen LogP contribution < -0.4 is 0 Å². The average Bonchev–Trinajstić information content (AvgIpc) is 2.52. The van der Waals surface area contributed by atoms with Crippen molar-refractivity contribution in [3.8, 4) is 0 Å². The third-order valence-corrected chi connectivity index (χ3v) is 4.90. The molecule has 0 radical (unpaired) electrons. The highest BCUT2D eigenvalue weighted by molar-refractivity contribution is 7.85. The average molecular weight is 388 g/mol. The van der Waals surface area contributed by atoms with Crippen LogP contribution in [0.5, 0.6) is 0 Å². The maximum atomic E-state index is 10.4. The van der Waals surface area contributed by atoms with Crippen molar-refractivity contribution in [2.75, 3.05) is 34.3 Å². The van der Waals surface area contributed by atoms with Crippen LogP contribution in [0.15, 0.2) is 29.2 Å². The van der Waals surface area contributed by atoms with E-state index in [2.05, 4.69) is 21.1 Å². The Morgan fingerprint density at radius 1 is 0.846 bits per heavy atom. The summed E-state index contributed by atoms with van der Waals surface area (Å²) in [5.74, 6) is 0. The highest BCUT2D eigenvalue weighted by Gasteiger charge is 2.04. The van der Waals surface area contributed by atoms with E-state index in [0.717, 1.165) is 16.5 Å². The maximum Gasteiger partial charge on any atom is 0.124 e. The molecule has 0 atom stereocenters. The van der Waals surface area contributed by atoms with E-state index in [4.69, 9.17) is 5.11 Å². The Kier molecular flexibility index (Phi) is 12.8. The highest BCUT2D eigenvalue weighted by atomic mass is 32.2. The Morgan fingerprint density at radius 2 is 1.27 bits per heavy atom. The molecule has 1 rings (SSSR count). The molecule has 0 bridgehead atoms. The predicted octanol–water partition coefficient (Wildman–Crippen LogP) is 3.70. The number of rotatable bonds is 11. The van der Waals surface area contributed by atoms with Crippen molar-refractivity contribution in [1.82, 2.24) is 0 Å². The lowest BCUT2D eigenvalue weighted by Crippen LogP contribution is -2.35. The fraction of sp³-hybridized carbons (Fsp3) is 0.700.